The van der Waals surface area contributed by atoms with E-state index in [1.54, 1.807) is 38.6 Å². The van der Waals surface area contributed by atoms with Gasteiger partial charge in [-0.05, 0) is 20.3 Å². The standard InChI is InChI=1S/C23H34ClN6O8P/c1-12(2)36-15(31)6-7-26-20(32)17-23(4,5)10-35-39(33,38-17)34-9-14-8-13(3)21(37-14)30-11-27-16-18(24)28-22(25)29-19(16)30/h11-14,17,21H,6-10H2,1-5H3,(H,26,32)(H2,25,28,29)/t13-,14-,17-,21?,39?/m0/s1. The number of rotatable bonds is 9. The molecule has 216 valence electrons. The van der Waals surface area contributed by atoms with E-state index in [9.17, 15) is 14.2 Å². The van der Waals surface area contributed by atoms with Gasteiger partial charge in [0.05, 0.1) is 38.2 Å². The second kappa shape index (κ2) is 11.6. The molecular weight excluding hydrogens is 555 g/mol. The van der Waals surface area contributed by atoms with Crippen molar-refractivity contribution in [1.29, 1.82) is 0 Å². The molecule has 3 N–H and O–H groups in total. The van der Waals surface area contributed by atoms with Crippen LogP contribution in [0.25, 0.3) is 11.2 Å². The average Bonchev–Trinajstić information content (AvgIpc) is 3.42. The van der Waals surface area contributed by atoms with Crippen LogP contribution in [0.15, 0.2) is 6.33 Å². The number of phosphoric acid groups is 1. The van der Waals surface area contributed by atoms with E-state index in [0.717, 1.165) is 0 Å². The van der Waals surface area contributed by atoms with Crippen LogP contribution < -0.4 is 11.1 Å². The van der Waals surface area contributed by atoms with Crippen LogP contribution in [-0.4, -0.2) is 69.5 Å². The molecule has 2 aromatic rings. The molecule has 1 amide bonds. The smallest absolute Gasteiger partial charge is 0.463 e. The van der Waals surface area contributed by atoms with Gasteiger partial charge in [-0.2, -0.15) is 9.97 Å². The predicted octanol–water partition coefficient (Wildman–Crippen LogP) is 3.01. The quantitative estimate of drug-likeness (QED) is 0.249. The van der Waals surface area contributed by atoms with Gasteiger partial charge in [0.2, 0.25) is 11.9 Å². The van der Waals surface area contributed by atoms with Gasteiger partial charge in [-0.1, -0.05) is 32.4 Å². The van der Waals surface area contributed by atoms with Crippen molar-refractivity contribution < 1.29 is 37.2 Å². The minimum atomic E-state index is -4.08. The van der Waals surface area contributed by atoms with Crippen LogP contribution in [-0.2, 0) is 37.2 Å². The molecule has 2 aliphatic heterocycles. The van der Waals surface area contributed by atoms with E-state index in [4.69, 9.17) is 40.4 Å². The van der Waals surface area contributed by atoms with E-state index in [-0.39, 0.29) is 49.3 Å². The Balaban J connectivity index is 1.35. The number of amides is 1. The van der Waals surface area contributed by atoms with Gasteiger partial charge < -0.3 is 20.5 Å². The summed E-state index contributed by atoms with van der Waals surface area (Å²) in [7, 11) is -4.08. The van der Waals surface area contributed by atoms with Crippen molar-refractivity contribution in [2.24, 2.45) is 11.3 Å². The Kier molecular flexibility index (Phi) is 8.84. The number of nitrogens with zero attached hydrogens (tertiary/aromatic N) is 4. The number of anilines is 1. The van der Waals surface area contributed by atoms with Gasteiger partial charge in [-0.3, -0.25) is 27.7 Å². The number of fused-ring (bicyclic) bond motifs is 1. The molecule has 4 rings (SSSR count). The monoisotopic (exact) mass is 588 g/mol. The third-order valence-electron chi connectivity index (χ3n) is 6.31. The van der Waals surface area contributed by atoms with Crippen LogP contribution in [0.1, 0.15) is 53.7 Å². The maximum atomic E-state index is 13.3. The Bertz CT molecular complexity index is 1270. The fourth-order valence-electron chi connectivity index (χ4n) is 4.42. The summed E-state index contributed by atoms with van der Waals surface area (Å²) < 4.78 is 42.9. The number of hydrogen-bond donors (Lipinski definition) is 2. The normalized spacial score (nSPS) is 28.6. The molecule has 2 unspecified atom stereocenters. The Morgan fingerprint density at radius 2 is 2.10 bits per heavy atom. The number of phosphoric ester groups is 1. The summed E-state index contributed by atoms with van der Waals surface area (Å²) in [6.45, 7) is 8.87. The zero-order chi connectivity index (χ0) is 28.5. The summed E-state index contributed by atoms with van der Waals surface area (Å²) in [5.41, 5.74) is 5.79. The van der Waals surface area contributed by atoms with Crippen molar-refractivity contribution in [2.45, 2.75) is 72.0 Å². The van der Waals surface area contributed by atoms with E-state index < -0.39 is 43.6 Å². The van der Waals surface area contributed by atoms with Gasteiger partial charge in [0.1, 0.15) is 11.7 Å². The van der Waals surface area contributed by atoms with Crippen LogP contribution in [0.2, 0.25) is 5.15 Å². The van der Waals surface area contributed by atoms with E-state index in [1.165, 1.54) is 0 Å². The summed E-state index contributed by atoms with van der Waals surface area (Å²) in [6, 6.07) is 0. The zero-order valence-corrected chi connectivity index (χ0v) is 24.1. The molecule has 5 atom stereocenters. The molecular formula is C23H34ClN6O8P. The fraction of sp³-hybridized carbons (Fsp3) is 0.696. The zero-order valence-electron chi connectivity index (χ0n) is 22.5. The Morgan fingerprint density at radius 1 is 1.36 bits per heavy atom. The molecule has 4 heterocycles. The van der Waals surface area contributed by atoms with Crippen LogP contribution >= 0.6 is 19.4 Å². The highest BCUT2D eigenvalue weighted by Crippen LogP contribution is 2.57. The fourth-order valence-corrected chi connectivity index (χ4v) is 6.31. The van der Waals surface area contributed by atoms with Crippen LogP contribution in [0.3, 0.4) is 0 Å². The number of ether oxygens (including phenoxy) is 2. The van der Waals surface area contributed by atoms with Crippen molar-refractivity contribution in [3.8, 4) is 0 Å². The summed E-state index contributed by atoms with van der Waals surface area (Å²) in [6.07, 6.45) is -0.161. The number of carbonyl (C=O) groups is 2. The maximum absolute atomic E-state index is 13.3. The molecule has 0 aromatic carbocycles. The Labute approximate surface area is 230 Å². The highest BCUT2D eigenvalue weighted by molar-refractivity contribution is 7.48. The minimum absolute atomic E-state index is 0.00285. The molecule has 2 aromatic heterocycles. The number of nitrogen functional groups attached to an aromatic ring is 1. The summed E-state index contributed by atoms with van der Waals surface area (Å²) >= 11 is 6.14. The summed E-state index contributed by atoms with van der Waals surface area (Å²) in [5, 5.41) is 2.78. The maximum Gasteiger partial charge on any atom is 0.475 e. The SMILES string of the molecule is CC(C)OC(=O)CCNC(=O)[C@@H]1OP(=O)(OC[C@@H]2C[C@H](C)C(n3cnc4c(Cl)nc(N)nc43)O2)OCC1(C)C. The Hall–Kier alpha value is -2.35. The molecule has 16 heteroatoms. The van der Waals surface area contributed by atoms with Crippen LogP contribution in [0.4, 0.5) is 5.95 Å². The number of imidazole rings is 1. The molecule has 0 spiro atoms. The van der Waals surface area contributed by atoms with Gasteiger partial charge in [-0.25, -0.2) is 9.55 Å². The van der Waals surface area contributed by atoms with Gasteiger partial charge >= 0.3 is 13.8 Å². The number of nitrogens with one attached hydrogen (secondary N) is 1. The minimum Gasteiger partial charge on any atom is -0.463 e. The first-order valence-corrected chi connectivity index (χ1v) is 14.5. The van der Waals surface area contributed by atoms with Crippen molar-refractivity contribution in [3.63, 3.8) is 0 Å². The number of carbonyl (C=O) groups excluding carboxylic acids is 2. The van der Waals surface area contributed by atoms with Crippen molar-refractivity contribution >= 4 is 48.4 Å². The average molecular weight is 589 g/mol. The van der Waals surface area contributed by atoms with E-state index in [2.05, 4.69) is 20.3 Å². The van der Waals surface area contributed by atoms with Crippen molar-refractivity contribution in [1.82, 2.24) is 24.8 Å². The third kappa shape index (κ3) is 6.87. The number of hydrogen-bond acceptors (Lipinski definition) is 12. The van der Waals surface area contributed by atoms with E-state index >= 15 is 0 Å². The molecule has 2 saturated heterocycles. The number of esters is 1. The lowest BCUT2D eigenvalue weighted by Gasteiger charge is -2.39. The first-order chi connectivity index (χ1) is 18.3. The number of halogens is 1. The molecule has 0 aliphatic carbocycles. The highest BCUT2D eigenvalue weighted by atomic mass is 35.5. The van der Waals surface area contributed by atoms with Crippen LogP contribution in [0, 0.1) is 11.3 Å². The summed E-state index contributed by atoms with van der Waals surface area (Å²) in [4.78, 5) is 37.0. The predicted molar refractivity (Wildman–Crippen MR) is 139 cm³/mol. The largest absolute Gasteiger partial charge is 0.475 e. The van der Waals surface area contributed by atoms with Crippen molar-refractivity contribution in [3.05, 3.63) is 11.5 Å². The second-order valence-electron chi connectivity index (χ2n) is 10.6. The molecule has 39 heavy (non-hydrogen) atoms. The van der Waals surface area contributed by atoms with Crippen molar-refractivity contribution in [2.75, 3.05) is 25.5 Å². The van der Waals surface area contributed by atoms with Gasteiger partial charge in [-0.15, -0.1) is 0 Å². The lowest BCUT2D eigenvalue weighted by Crippen LogP contribution is -2.50. The molecule has 14 nitrogen and oxygen atoms in total. The molecule has 0 bridgehead atoms. The second-order valence-corrected chi connectivity index (χ2v) is 12.6. The van der Waals surface area contributed by atoms with E-state index in [1.807, 2.05) is 6.92 Å². The molecule has 0 saturated carbocycles. The lowest BCUT2D eigenvalue weighted by molar-refractivity contribution is -0.147. The van der Waals surface area contributed by atoms with E-state index in [0.29, 0.717) is 17.6 Å². The first-order valence-electron chi connectivity index (χ1n) is 12.6. The number of nitrogens with two attached hydrogens (primary N) is 1. The first kappa shape index (κ1) is 29.6. The van der Waals surface area contributed by atoms with Gasteiger partial charge in [0, 0.05) is 17.9 Å². The topological polar surface area (TPSA) is 179 Å². The lowest BCUT2D eigenvalue weighted by atomic mass is 9.87. The van der Waals surface area contributed by atoms with Gasteiger partial charge in [0.25, 0.3) is 0 Å². The molecule has 2 aliphatic rings. The molecule has 0 radical (unpaired) electrons. The van der Waals surface area contributed by atoms with Crippen LogP contribution in [0.5, 0.6) is 0 Å². The third-order valence-corrected chi connectivity index (χ3v) is 7.96. The van der Waals surface area contributed by atoms with Gasteiger partial charge in [0.15, 0.2) is 16.9 Å². The Morgan fingerprint density at radius 3 is 2.82 bits per heavy atom. The molecule has 2 fully saturated rings. The summed E-state index contributed by atoms with van der Waals surface area (Å²) in [5.74, 6) is -0.929. The highest BCUT2D eigenvalue weighted by Gasteiger charge is 2.49. The number of aromatic nitrogens is 4.